The van der Waals surface area contributed by atoms with Crippen molar-refractivity contribution in [2.75, 3.05) is 6.54 Å². The third kappa shape index (κ3) is 5.16. The highest BCUT2D eigenvalue weighted by Gasteiger charge is 2.11. The number of nitrogens with one attached hydrogen (secondary N) is 1. The molecule has 8 heteroatoms. The van der Waals surface area contributed by atoms with E-state index >= 15 is 0 Å². The van der Waals surface area contributed by atoms with Gasteiger partial charge < -0.3 is 9.84 Å². The fourth-order valence-electron chi connectivity index (χ4n) is 2.86. The summed E-state index contributed by atoms with van der Waals surface area (Å²) < 4.78 is 5.22. The largest absolute Gasteiger partial charge is 0.356 e. The molecule has 0 bridgehead atoms. The van der Waals surface area contributed by atoms with Crippen LogP contribution in [0.3, 0.4) is 0 Å². The summed E-state index contributed by atoms with van der Waals surface area (Å²) in [6.45, 7) is 2.60. The molecule has 0 saturated carbocycles. The first-order valence-electron chi connectivity index (χ1n) is 9.32. The standard InChI is InChI=1S/C21H20N4O2S2/c1-14-23-17(13-29-14)16-6-4-15(5-7-16)10-11-22-19(26)8-9-20-24-21(25-27-20)18-3-2-12-28-18/h2-7,12-13H,8-11H2,1H3,(H,22,26). The maximum Gasteiger partial charge on any atom is 0.227 e. The Morgan fingerprint density at radius 1 is 1.10 bits per heavy atom. The summed E-state index contributed by atoms with van der Waals surface area (Å²) in [6.07, 6.45) is 1.55. The Balaban J connectivity index is 1.20. The molecule has 0 atom stereocenters. The number of aromatic nitrogens is 3. The molecule has 3 aromatic heterocycles. The summed E-state index contributed by atoms with van der Waals surface area (Å²) in [4.78, 5) is 21.9. The van der Waals surface area contributed by atoms with Crippen LogP contribution in [-0.4, -0.2) is 27.6 Å². The summed E-state index contributed by atoms with van der Waals surface area (Å²) in [5.41, 5.74) is 3.30. The third-order valence-electron chi connectivity index (χ3n) is 4.38. The van der Waals surface area contributed by atoms with Crippen molar-refractivity contribution in [3.05, 3.63) is 63.6 Å². The van der Waals surface area contributed by atoms with Gasteiger partial charge in [0.1, 0.15) is 0 Å². The third-order valence-corrected chi connectivity index (χ3v) is 6.02. The van der Waals surface area contributed by atoms with Crippen LogP contribution in [0.5, 0.6) is 0 Å². The highest BCUT2D eigenvalue weighted by atomic mass is 32.1. The molecule has 0 radical (unpaired) electrons. The molecule has 1 N–H and O–H groups in total. The van der Waals surface area contributed by atoms with Gasteiger partial charge in [-0.25, -0.2) is 4.98 Å². The number of rotatable bonds is 8. The van der Waals surface area contributed by atoms with Gasteiger partial charge in [-0.2, -0.15) is 4.98 Å². The number of hydrogen-bond donors (Lipinski definition) is 1. The molecule has 0 aliphatic rings. The van der Waals surface area contributed by atoms with Crippen molar-refractivity contribution in [1.82, 2.24) is 20.4 Å². The van der Waals surface area contributed by atoms with Gasteiger partial charge in [-0.05, 0) is 30.4 Å². The van der Waals surface area contributed by atoms with Gasteiger partial charge in [0.2, 0.25) is 17.6 Å². The van der Waals surface area contributed by atoms with Gasteiger partial charge in [0, 0.05) is 30.3 Å². The van der Waals surface area contributed by atoms with Crippen LogP contribution in [0.1, 0.15) is 22.9 Å². The smallest absolute Gasteiger partial charge is 0.227 e. The molecular weight excluding hydrogens is 404 g/mol. The monoisotopic (exact) mass is 424 g/mol. The van der Waals surface area contributed by atoms with E-state index in [4.69, 9.17) is 4.52 Å². The molecular formula is C21H20N4O2S2. The Morgan fingerprint density at radius 2 is 1.97 bits per heavy atom. The Hall–Kier alpha value is -2.84. The molecule has 0 aliphatic heterocycles. The molecule has 0 unspecified atom stereocenters. The number of amides is 1. The molecule has 1 amide bonds. The molecule has 4 rings (SSSR count). The predicted octanol–water partition coefficient (Wildman–Crippen LogP) is 4.52. The van der Waals surface area contributed by atoms with E-state index in [0.717, 1.165) is 27.6 Å². The topological polar surface area (TPSA) is 80.9 Å². The minimum absolute atomic E-state index is 0.0181. The molecule has 0 saturated heterocycles. The highest BCUT2D eigenvalue weighted by Crippen LogP contribution is 2.22. The van der Waals surface area contributed by atoms with E-state index < -0.39 is 0 Å². The molecule has 3 heterocycles. The van der Waals surface area contributed by atoms with Crippen LogP contribution in [0.25, 0.3) is 22.0 Å². The van der Waals surface area contributed by atoms with Crippen LogP contribution in [0.2, 0.25) is 0 Å². The molecule has 0 aliphatic carbocycles. The maximum absolute atomic E-state index is 12.1. The lowest BCUT2D eigenvalue weighted by molar-refractivity contribution is -0.121. The van der Waals surface area contributed by atoms with Crippen molar-refractivity contribution < 1.29 is 9.32 Å². The van der Waals surface area contributed by atoms with Crippen LogP contribution >= 0.6 is 22.7 Å². The Labute approximate surface area is 176 Å². The van der Waals surface area contributed by atoms with Gasteiger partial charge in [0.05, 0.1) is 15.6 Å². The van der Waals surface area contributed by atoms with Gasteiger partial charge in [0.15, 0.2) is 0 Å². The van der Waals surface area contributed by atoms with Gasteiger partial charge in [-0.3, -0.25) is 4.79 Å². The molecule has 4 aromatic rings. The van der Waals surface area contributed by atoms with Gasteiger partial charge in [0.25, 0.3) is 0 Å². The SMILES string of the molecule is Cc1nc(-c2ccc(CCNC(=O)CCc3nc(-c4cccs4)no3)cc2)cs1. The Kier molecular flexibility index (Phi) is 6.12. The van der Waals surface area contributed by atoms with Crippen LogP contribution in [-0.2, 0) is 17.6 Å². The lowest BCUT2D eigenvalue weighted by Gasteiger charge is -2.05. The van der Waals surface area contributed by atoms with Crippen molar-refractivity contribution in [3.8, 4) is 22.0 Å². The lowest BCUT2D eigenvalue weighted by atomic mass is 10.1. The van der Waals surface area contributed by atoms with Crippen LogP contribution < -0.4 is 5.32 Å². The summed E-state index contributed by atoms with van der Waals surface area (Å²) in [5, 5.41) is 12.0. The number of hydrogen-bond acceptors (Lipinski definition) is 7. The van der Waals surface area contributed by atoms with E-state index in [0.29, 0.717) is 31.1 Å². The predicted molar refractivity (Wildman–Crippen MR) is 115 cm³/mol. The average Bonchev–Trinajstić information content (AvgIpc) is 3.48. The van der Waals surface area contributed by atoms with Crippen LogP contribution in [0.4, 0.5) is 0 Å². The Bertz CT molecular complexity index is 1070. The van der Waals surface area contributed by atoms with E-state index in [1.807, 2.05) is 24.4 Å². The van der Waals surface area contributed by atoms with Crippen molar-refractivity contribution in [2.45, 2.75) is 26.2 Å². The molecule has 0 fully saturated rings. The van der Waals surface area contributed by atoms with Crippen molar-refractivity contribution in [2.24, 2.45) is 0 Å². The zero-order valence-electron chi connectivity index (χ0n) is 15.9. The first-order chi connectivity index (χ1) is 14.2. The fourth-order valence-corrected chi connectivity index (χ4v) is 4.13. The normalized spacial score (nSPS) is 10.9. The van der Waals surface area contributed by atoms with E-state index in [1.54, 1.807) is 22.7 Å². The molecule has 148 valence electrons. The summed E-state index contributed by atoms with van der Waals surface area (Å²) in [5.74, 6) is 1.04. The number of aryl methyl sites for hydroxylation is 2. The molecule has 6 nitrogen and oxygen atoms in total. The molecule has 29 heavy (non-hydrogen) atoms. The second-order valence-electron chi connectivity index (χ2n) is 6.54. The first-order valence-corrected chi connectivity index (χ1v) is 11.1. The van der Waals surface area contributed by atoms with Gasteiger partial charge >= 0.3 is 0 Å². The molecule has 1 aromatic carbocycles. The Morgan fingerprint density at radius 3 is 2.69 bits per heavy atom. The number of thiophene rings is 1. The second-order valence-corrected chi connectivity index (χ2v) is 8.55. The van der Waals surface area contributed by atoms with Crippen molar-refractivity contribution >= 4 is 28.6 Å². The van der Waals surface area contributed by atoms with Crippen molar-refractivity contribution in [3.63, 3.8) is 0 Å². The van der Waals surface area contributed by atoms with E-state index in [1.165, 1.54) is 5.56 Å². The zero-order valence-corrected chi connectivity index (χ0v) is 17.6. The lowest BCUT2D eigenvalue weighted by Crippen LogP contribution is -2.25. The van der Waals surface area contributed by atoms with Crippen molar-refractivity contribution in [1.29, 1.82) is 0 Å². The number of thiazole rings is 1. The molecule has 0 spiro atoms. The quantitative estimate of drug-likeness (QED) is 0.450. The zero-order chi connectivity index (χ0) is 20.1. The fraction of sp³-hybridized carbons (Fsp3) is 0.238. The maximum atomic E-state index is 12.1. The van der Waals surface area contributed by atoms with E-state index in [-0.39, 0.29) is 5.91 Å². The number of benzene rings is 1. The first kappa shape index (κ1) is 19.5. The average molecular weight is 425 g/mol. The second kappa shape index (κ2) is 9.11. The van der Waals surface area contributed by atoms with Gasteiger partial charge in [-0.1, -0.05) is 35.5 Å². The number of carbonyl (C=O) groups is 1. The summed E-state index contributed by atoms with van der Waals surface area (Å²) in [7, 11) is 0. The minimum Gasteiger partial charge on any atom is -0.356 e. The van der Waals surface area contributed by atoms with Crippen LogP contribution in [0.15, 0.2) is 51.7 Å². The van der Waals surface area contributed by atoms with Crippen LogP contribution in [0, 0.1) is 6.92 Å². The van der Waals surface area contributed by atoms with Gasteiger partial charge in [-0.15, -0.1) is 22.7 Å². The summed E-state index contributed by atoms with van der Waals surface area (Å²) in [6, 6.07) is 12.2. The summed E-state index contributed by atoms with van der Waals surface area (Å²) >= 11 is 3.21. The number of nitrogens with zero attached hydrogens (tertiary/aromatic N) is 3. The van der Waals surface area contributed by atoms with E-state index in [9.17, 15) is 4.79 Å². The minimum atomic E-state index is -0.0181. The highest BCUT2D eigenvalue weighted by molar-refractivity contribution is 7.13. The van der Waals surface area contributed by atoms with E-state index in [2.05, 4.69) is 50.1 Å². The number of carbonyl (C=O) groups excluding carboxylic acids is 1.